The van der Waals surface area contributed by atoms with Gasteiger partial charge >= 0.3 is 77.0 Å². The Morgan fingerprint density at radius 3 is 2.64 bits per heavy atom. The molecule has 0 aromatic carbocycles. The summed E-state index contributed by atoms with van der Waals surface area (Å²) in [4.78, 5) is 10.8. The quantitative estimate of drug-likeness (QED) is 0.624. The van der Waals surface area contributed by atoms with E-state index in [9.17, 15) is 4.79 Å². The van der Waals surface area contributed by atoms with Crippen LogP contribution in [0.1, 0.15) is 33.6 Å². The second kappa shape index (κ2) is 6.83. The molecule has 0 aromatic rings. The molecule has 0 aromatic heterocycles. The molecule has 0 aliphatic rings. The number of carbonyl (C=O) groups is 1. The van der Waals surface area contributed by atoms with Gasteiger partial charge in [-0.25, -0.2) is 0 Å². The molecule has 0 aliphatic heterocycles. The first-order valence-electron chi connectivity index (χ1n) is 3.77. The molecule has 0 fully saturated rings. The van der Waals surface area contributed by atoms with Gasteiger partial charge in [-0.1, -0.05) is 0 Å². The summed E-state index contributed by atoms with van der Waals surface area (Å²) in [6.07, 6.45) is 1.52. The third kappa shape index (κ3) is 8.05. The maximum atomic E-state index is 10.8. The van der Waals surface area contributed by atoms with E-state index in [1.54, 1.807) is 0 Å². The Balaban J connectivity index is 3.17. The molecule has 4 heteroatoms. The van der Waals surface area contributed by atoms with E-state index in [1.807, 2.05) is 20.8 Å². The van der Waals surface area contributed by atoms with Crippen molar-refractivity contribution < 1.29 is 31.4 Å². The van der Waals surface area contributed by atoms with Gasteiger partial charge < -0.3 is 0 Å². The average Bonchev–Trinajstić information content (AvgIpc) is 1.87. The summed E-state index contributed by atoms with van der Waals surface area (Å²) in [5.41, 5.74) is 0. The molecular weight excluding hydrogens is 180 g/mol. The molecular formula is C7H14O3Ti. The van der Waals surface area contributed by atoms with Gasteiger partial charge in [0.15, 0.2) is 0 Å². The summed E-state index contributed by atoms with van der Waals surface area (Å²) in [5, 5.41) is 0. The predicted octanol–water partition coefficient (Wildman–Crippen LogP) is 1.67. The van der Waals surface area contributed by atoms with E-state index >= 15 is 0 Å². The fraction of sp³-hybridized carbons (Fsp3) is 0.857. The third-order valence-corrected chi connectivity index (χ3v) is 2.27. The Hall–Kier alpha value is 0.144. The van der Waals surface area contributed by atoms with Gasteiger partial charge in [-0.05, 0) is 0 Å². The molecule has 0 rings (SSSR count). The molecule has 3 nitrogen and oxygen atoms in total. The van der Waals surface area contributed by atoms with E-state index in [4.69, 9.17) is 6.64 Å². The minimum atomic E-state index is -0.940. The number of carbonyl (C=O) groups excluding carboxylic acids is 1. The monoisotopic (exact) mass is 194 g/mol. The van der Waals surface area contributed by atoms with E-state index in [0.29, 0.717) is 6.42 Å². The van der Waals surface area contributed by atoms with Crippen molar-refractivity contribution in [3.63, 3.8) is 0 Å². The van der Waals surface area contributed by atoms with E-state index in [2.05, 4.69) is 0 Å². The van der Waals surface area contributed by atoms with Gasteiger partial charge in [-0.15, -0.1) is 0 Å². The minimum absolute atomic E-state index is 0.131. The molecule has 0 saturated heterocycles. The first-order valence-corrected chi connectivity index (χ1v) is 5.04. The van der Waals surface area contributed by atoms with Gasteiger partial charge in [0.2, 0.25) is 0 Å². The van der Waals surface area contributed by atoms with Crippen LogP contribution in [-0.4, -0.2) is 12.1 Å². The predicted molar refractivity (Wildman–Crippen MR) is 37.2 cm³/mol. The van der Waals surface area contributed by atoms with Crippen molar-refractivity contribution in [1.29, 1.82) is 0 Å². The third-order valence-electron chi connectivity index (χ3n) is 0.893. The second-order valence-corrected chi connectivity index (χ2v) is 3.42. The summed E-state index contributed by atoms with van der Waals surface area (Å²) in [5.74, 6) is -0.131. The Morgan fingerprint density at radius 2 is 2.18 bits per heavy atom. The van der Waals surface area contributed by atoms with Crippen LogP contribution in [0, 0.1) is 0 Å². The molecule has 0 amide bonds. The Kier molecular flexibility index (Phi) is 6.92. The second-order valence-electron chi connectivity index (χ2n) is 2.47. The standard InChI is InChI=1S/C4H8O2.C3H7O.Ti/c1-2-3-4(5)6;1-3(2)4;/h2-3H2,1H3,(H,5,6);3H,1-2H3;/q;-1;+2/p-1. The van der Waals surface area contributed by atoms with E-state index in [-0.39, 0.29) is 12.1 Å². The van der Waals surface area contributed by atoms with Crippen LogP contribution in [0.3, 0.4) is 0 Å². The summed E-state index contributed by atoms with van der Waals surface area (Å²) in [6, 6.07) is 0. The van der Waals surface area contributed by atoms with Gasteiger partial charge in [-0.3, -0.25) is 0 Å². The number of hydrogen-bond acceptors (Lipinski definition) is 3. The van der Waals surface area contributed by atoms with Crippen LogP contribution >= 0.6 is 0 Å². The van der Waals surface area contributed by atoms with Crippen LogP contribution in [0.15, 0.2) is 0 Å². The average molecular weight is 194 g/mol. The van der Waals surface area contributed by atoms with Crippen LogP contribution in [0.4, 0.5) is 0 Å². The molecule has 11 heavy (non-hydrogen) atoms. The SMILES string of the molecule is CCCC(=O)[O][Ti][O]C(C)C. The van der Waals surface area contributed by atoms with Crippen molar-refractivity contribution in [3.05, 3.63) is 0 Å². The molecule has 0 spiro atoms. The van der Waals surface area contributed by atoms with Crippen LogP contribution in [0.2, 0.25) is 0 Å². The summed E-state index contributed by atoms with van der Waals surface area (Å²) in [6.45, 7) is 5.80. The van der Waals surface area contributed by atoms with E-state index in [0.717, 1.165) is 6.42 Å². The molecule has 0 N–H and O–H groups in total. The Morgan fingerprint density at radius 1 is 1.55 bits per heavy atom. The van der Waals surface area contributed by atoms with Gasteiger partial charge in [0, 0.05) is 0 Å². The van der Waals surface area contributed by atoms with Gasteiger partial charge in [0.1, 0.15) is 0 Å². The molecule has 0 saturated carbocycles. The Bertz CT molecular complexity index is 114. The zero-order chi connectivity index (χ0) is 8.69. The summed E-state index contributed by atoms with van der Waals surface area (Å²) >= 11 is -0.940. The molecule has 64 valence electrons. The normalized spacial score (nSPS) is 9.82. The van der Waals surface area contributed by atoms with E-state index < -0.39 is 19.9 Å². The molecule has 0 heterocycles. The van der Waals surface area contributed by atoms with Crippen molar-refractivity contribution in [2.45, 2.75) is 39.7 Å². The van der Waals surface area contributed by atoms with Gasteiger partial charge in [0.05, 0.1) is 0 Å². The van der Waals surface area contributed by atoms with Crippen molar-refractivity contribution in [1.82, 2.24) is 0 Å². The zero-order valence-electron chi connectivity index (χ0n) is 7.22. The van der Waals surface area contributed by atoms with Crippen LogP contribution in [-0.2, 0) is 31.4 Å². The van der Waals surface area contributed by atoms with Crippen molar-refractivity contribution in [2.75, 3.05) is 0 Å². The van der Waals surface area contributed by atoms with Gasteiger partial charge in [-0.2, -0.15) is 0 Å². The molecule has 0 unspecified atom stereocenters. The van der Waals surface area contributed by atoms with Crippen molar-refractivity contribution in [2.24, 2.45) is 0 Å². The van der Waals surface area contributed by atoms with Crippen LogP contribution in [0.5, 0.6) is 0 Å². The molecule has 0 bridgehead atoms. The van der Waals surface area contributed by atoms with Crippen LogP contribution in [0.25, 0.3) is 0 Å². The van der Waals surface area contributed by atoms with Gasteiger partial charge in [0.25, 0.3) is 0 Å². The van der Waals surface area contributed by atoms with Crippen molar-refractivity contribution >= 4 is 5.97 Å². The summed E-state index contributed by atoms with van der Waals surface area (Å²) < 4.78 is 10.00. The molecule has 0 atom stereocenters. The molecule has 0 aliphatic carbocycles. The Labute approximate surface area is 77.3 Å². The first-order chi connectivity index (χ1) is 5.16. The first kappa shape index (κ1) is 11.1. The van der Waals surface area contributed by atoms with E-state index in [1.165, 1.54) is 0 Å². The zero-order valence-corrected chi connectivity index (χ0v) is 8.78. The topological polar surface area (TPSA) is 35.5 Å². The van der Waals surface area contributed by atoms with Crippen LogP contribution < -0.4 is 0 Å². The fourth-order valence-electron chi connectivity index (χ4n) is 0.422. The summed E-state index contributed by atoms with van der Waals surface area (Å²) in [7, 11) is 0. The maximum absolute atomic E-state index is 10.8. The molecule has 0 radical (unpaired) electrons. The van der Waals surface area contributed by atoms with Crippen molar-refractivity contribution in [3.8, 4) is 0 Å². The number of hydrogen-bond donors (Lipinski definition) is 0. The fourth-order valence-corrected chi connectivity index (χ4v) is 1.10. The number of rotatable bonds is 5.